The van der Waals surface area contributed by atoms with Crippen LogP contribution in [0.1, 0.15) is 5.56 Å². The minimum atomic E-state index is 0.643. The third-order valence-electron chi connectivity index (χ3n) is 1.32. The summed E-state index contributed by atoms with van der Waals surface area (Å²) in [7, 11) is 1.78. The summed E-state index contributed by atoms with van der Waals surface area (Å²) < 4.78 is 1.61. The predicted octanol–water partition coefficient (Wildman–Crippen LogP) is 0.297. The van der Waals surface area contributed by atoms with Gasteiger partial charge in [-0.15, -0.1) is 0 Å². The first-order chi connectivity index (χ1) is 4.75. The van der Waals surface area contributed by atoms with Gasteiger partial charge in [-0.05, 0) is 6.92 Å². The van der Waals surface area contributed by atoms with E-state index >= 15 is 0 Å². The zero-order chi connectivity index (χ0) is 7.56. The molecule has 0 spiro atoms. The number of carbonyl (C=O) groups is 1. The summed E-state index contributed by atoms with van der Waals surface area (Å²) in [6.45, 7) is 1.89. The van der Waals surface area contributed by atoms with Crippen LogP contribution in [0.3, 0.4) is 0 Å². The lowest BCUT2D eigenvalue weighted by atomic mass is 10.4. The first-order valence-corrected chi connectivity index (χ1v) is 2.94. The Kier molecular flexibility index (Phi) is 1.71. The molecule has 10 heavy (non-hydrogen) atoms. The molecule has 0 aliphatic carbocycles. The van der Waals surface area contributed by atoms with Gasteiger partial charge in [0.05, 0.1) is 6.20 Å². The second kappa shape index (κ2) is 2.51. The number of carbonyl (C=O) groups excluding carboxylic acids is 1. The number of nitrogens with zero attached hydrogens (tertiary/aromatic N) is 2. The van der Waals surface area contributed by atoms with Crippen LogP contribution in [-0.2, 0) is 11.8 Å². The lowest BCUT2D eigenvalue weighted by Gasteiger charge is -1.98. The Morgan fingerprint density at radius 3 is 2.90 bits per heavy atom. The first-order valence-electron chi connectivity index (χ1n) is 2.94. The van der Waals surface area contributed by atoms with E-state index in [4.69, 9.17) is 0 Å². The van der Waals surface area contributed by atoms with Gasteiger partial charge in [0.1, 0.15) is 5.82 Å². The third-order valence-corrected chi connectivity index (χ3v) is 1.32. The van der Waals surface area contributed by atoms with Crippen molar-refractivity contribution in [1.29, 1.82) is 0 Å². The van der Waals surface area contributed by atoms with Crippen LogP contribution in [0, 0.1) is 6.92 Å². The molecule has 1 rings (SSSR count). The van der Waals surface area contributed by atoms with E-state index in [-0.39, 0.29) is 0 Å². The number of hydrogen-bond donors (Lipinski definition) is 1. The highest BCUT2D eigenvalue weighted by atomic mass is 16.1. The van der Waals surface area contributed by atoms with Crippen molar-refractivity contribution in [1.82, 2.24) is 9.78 Å². The van der Waals surface area contributed by atoms with Crippen LogP contribution < -0.4 is 5.32 Å². The van der Waals surface area contributed by atoms with Crippen LogP contribution >= 0.6 is 0 Å². The topological polar surface area (TPSA) is 46.9 Å². The van der Waals surface area contributed by atoms with Crippen molar-refractivity contribution in [3.63, 3.8) is 0 Å². The van der Waals surface area contributed by atoms with Gasteiger partial charge < -0.3 is 5.32 Å². The van der Waals surface area contributed by atoms with Crippen molar-refractivity contribution in [2.45, 2.75) is 6.92 Å². The highest BCUT2D eigenvalue weighted by Gasteiger charge is 2.00. The van der Waals surface area contributed by atoms with Gasteiger partial charge in [0, 0.05) is 12.6 Å². The molecule has 4 heteroatoms. The Hall–Kier alpha value is -1.32. The zero-order valence-electron chi connectivity index (χ0n) is 5.96. The second-order valence-corrected chi connectivity index (χ2v) is 2.06. The van der Waals surface area contributed by atoms with Gasteiger partial charge in [0.2, 0.25) is 6.41 Å². The summed E-state index contributed by atoms with van der Waals surface area (Å²) >= 11 is 0. The van der Waals surface area contributed by atoms with E-state index in [1.807, 2.05) is 6.92 Å². The molecule has 0 aromatic carbocycles. The predicted molar refractivity (Wildman–Crippen MR) is 37.6 cm³/mol. The summed E-state index contributed by atoms with van der Waals surface area (Å²) in [5, 5.41) is 6.47. The molecule has 0 bridgehead atoms. The maximum atomic E-state index is 10.0. The quantitative estimate of drug-likeness (QED) is 0.599. The minimum absolute atomic E-state index is 0.643. The van der Waals surface area contributed by atoms with E-state index in [9.17, 15) is 4.79 Å². The van der Waals surface area contributed by atoms with Gasteiger partial charge in [-0.1, -0.05) is 0 Å². The standard InChI is InChI=1S/C6H9N3O/c1-5-3-8-9(2)6(5)7-4-10/h3-4H,1-2H3,(H,7,10). The van der Waals surface area contributed by atoms with Crippen molar-refractivity contribution < 1.29 is 4.79 Å². The fourth-order valence-corrected chi connectivity index (χ4v) is 0.810. The van der Waals surface area contributed by atoms with Crippen LogP contribution in [0.15, 0.2) is 6.20 Å². The van der Waals surface area contributed by atoms with Crippen molar-refractivity contribution in [2.75, 3.05) is 5.32 Å². The van der Waals surface area contributed by atoms with Crippen LogP contribution in [0.5, 0.6) is 0 Å². The SMILES string of the molecule is Cc1cnn(C)c1NC=O. The fourth-order valence-electron chi connectivity index (χ4n) is 0.810. The normalized spacial score (nSPS) is 9.40. The number of aryl methyl sites for hydroxylation is 2. The summed E-state index contributed by atoms with van der Waals surface area (Å²) in [6.07, 6.45) is 2.34. The number of nitrogens with one attached hydrogen (secondary N) is 1. The Morgan fingerprint density at radius 1 is 1.80 bits per heavy atom. The Bertz CT molecular complexity index is 222. The molecule has 1 aromatic rings. The molecule has 0 aliphatic heterocycles. The van der Waals surface area contributed by atoms with Crippen molar-refractivity contribution >= 4 is 12.2 Å². The summed E-state index contributed by atoms with van der Waals surface area (Å²) in [6, 6.07) is 0. The zero-order valence-corrected chi connectivity index (χ0v) is 5.96. The summed E-state index contributed by atoms with van der Waals surface area (Å²) in [5.74, 6) is 0.745. The van der Waals surface area contributed by atoms with Crippen molar-refractivity contribution in [3.8, 4) is 0 Å². The van der Waals surface area contributed by atoms with Crippen molar-refractivity contribution in [3.05, 3.63) is 11.8 Å². The molecule has 0 aliphatic rings. The third kappa shape index (κ3) is 1.00. The van der Waals surface area contributed by atoms with E-state index < -0.39 is 0 Å². The summed E-state index contributed by atoms with van der Waals surface area (Å²) in [5.41, 5.74) is 0.967. The average molecular weight is 139 g/mol. The lowest BCUT2D eigenvalue weighted by molar-refractivity contribution is -0.105. The molecular formula is C6H9N3O. The average Bonchev–Trinajstić information content (AvgIpc) is 2.20. The fraction of sp³-hybridized carbons (Fsp3) is 0.333. The van der Waals surface area contributed by atoms with Crippen LogP contribution in [0.4, 0.5) is 5.82 Å². The van der Waals surface area contributed by atoms with E-state index in [1.54, 1.807) is 17.9 Å². The highest BCUT2D eigenvalue weighted by Crippen LogP contribution is 2.09. The Morgan fingerprint density at radius 2 is 2.50 bits per heavy atom. The molecule has 1 heterocycles. The molecule has 0 unspecified atom stereocenters. The van der Waals surface area contributed by atoms with Gasteiger partial charge in [0.15, 0.2) is 0 Å². The maximum absolute atomic E-state index is 10.0. The number of aromatic nitrogens is 2. The largest absolute Gasteiger partial charge is 0.313 e. The van der Waals surface area contributed by atoms with Gasteiger partial charge in [-0.2, -0.15) is 5.10 Å². The first kappa shape index (κ1) is 6.80. The van der Waals surface area contributed by atoms with E-state index in [0.29, 0.717) is 6.41 Å². The second-order valence-electron chi connectivity index (χ2n) is 2.06. The molecule has 0 saturated heterocycles. The molecular weight excluding hydrogens is 130 g/mol. The van der Waals surface area contributed by atoms with Gasteiger partial charge >= 0.3 is 0 Å². The molecule has 1 amide bonds. The molecule has 4 nitrogen and oxygen atoms in total. The minimum Gasteiger partial charge on any atom is -0.313 e. The molecule has 0 fully saturated rings. The number of anilines is 1. The molecule has 54 valence electrons. The smallest absolute Gasteiger partial charge is 0.212 e. The van der Waals surface area contributed by atoms with Gasteiger partial charge in [0.25, 0.3) is 0 Å². The monoisotopic (exact) mass is 139 g/mol. The van der Waals surface area contributed by atoms with Gasteiger partial charge in [-0.25, -0.2) is 0 Å². The van der Waals surface area contributed by atoms with Crippen LogP contribution in [-0.4, -0.2) is 16.2 Å². The lowest BCUT2D eigenvalue weighted by Crippen LogP contribution is -2.02. The maximum Gasteiger partial charge on any atom is 0.212 e. The Balaban J connectivity index is 2.97. The molecule has 0 radical (unpaired) electrons. The van der Waals surface area contributed by atoms with Gasteiger partial charge in [-0.3, -0.25) is 9.48 Å². The number of amides is 1. The van der Waals surface area contributed by atoms with Crippen molar-refractivity contribution in [2.24, 2.45) is 7.05 Å². The highest BCUT2D eigenvalue weighted by molar-refractivity contribution is 5.70. The van der Waals surface area contributed by atoms with E-state index in [1.165, 1.54) is 0 Å². The molecule has 0 atom stereocenters. The number of rotatable bonds is 2. The molecule has 0 saturated carbocycles. The Labute approximate surface area is 58.8 Å². The van der Waals surface area contributed by atoms with E-state index in [2.05, 4.69) is 10.4 Å². The summed E-state index contributed by atoms with van der Waals surface area (Å²) in [4.78, 5) is 10.0. The van der Waals surface area contributed by atoms with E-state index in [0.717, 1.165) is 11.4 Å². The van der Waals surface area contributed by atoms with Crippen LogP contribution in [0.2, 0.25) is 0 Å². The molecule has 1 aromatic heterocycles. The number of hydrogen-bond acceptors (Lipinski definition) is 2. The van der Waals surface area contributed by atoms with Crippen LogP contribution in [0.25, 0.3) is 0 Å². The molecule has 1 N–H and O–H groups in total.